The van der Waals surface area contributed by atoms with E-state index in [0.717, 1.165) is 41.1 Å². The summed E-state index contributed by atoms with van der Waals surface area (Å²) in [6, 6.07) is 15.1. The SMILES string of the molecule is CC1=C(C(=O)Nc2ccccc2C)C(c2cccc(Cl)c2)C2=C(CCCC2=O)N1. The molecule has 1 aliphatic heterocycles. The average molecular weight is 407 g/mol. The predicted octanol–water partition coefficient (Wildman–Crippen LogP) is 5.26. The van der Waals surface area contributed by atoms with Gasteiger partial charge in [-0.05, 0) is 56.0 Å². The molecule has 1 unspecified atom stereocenters. The molecule has 2 aliphatic rings. The molecule has 0 fully saturated rings. The lowest BCUT2D eigenvalue weighted by molar-refractivity contribution is -0.116. The smallest absolute Gasteiger partial charge is 0.254 e. The Bertz CT molecular complexity index is 1070. The number of halogens is 1. The van der Waals surface area contributed by atoms with E-state index in [9.17, 15) is 9.59 Å². The highest BCUT2D eigenvalue weighted by Gasteiger charge is 2.38. The maximum Gasteiger partial charge on any atom is 0.254 e. The van der Waals surface area contributed by atoms with Crippen molar-refractivity contribution in [3.63, 3.8) is 0 Å². The van der Waals surface area contributed by atoms with Crippen LogP contribution < -0.4 is 10.6 Å². The first kappa shape index (κ1) is 19.5. The number of ketones is 1. The summed E-state index contributed by atoms with van der Waals surface area (Å²) in [5.74, 6) is -0.543. The molecule has 148 valence electrons. The molecule has 4 rings (SSSR count). The first-order valence-electron chi connectivity index (χ1n) is 9.82. The van der Waals surface area contributed by atoms with Crippen molar-refractivity contribution < 1.29 is 9.59 Å². The van der Waals surface area contributed by atoms with Crippen LogP contribution in [-0.2, 0) is 9.59 Å². The van der Waals surface area contributed by atoms with Crippen LogP contribution in [0.4, 0.5) is 5.69 Å². The number of hydrogen-bond acceptors (Lipinski definition) is 3. The second-order valence-corrected chi connectivity index (χ2v) is 8.03. The summed E-state index contributed by atoms with van der Waals surface area (Å²) in [7, 11) is 0. The second-order valence-electron chi connectivity index (χ2n) is 7.59. The number of rotatable bonds is 3. The molecule has 1 heterocycles. The number of allylic oxidation sites excluding steroid dienone is 3. The number of dihydropyridines is 1. The fourth-order valence-electron chi connectivity index (χ4n) is 4.21. The van der Waals surface area contributed by atoms with Crippen LogP contribution in [0.25, 0.3) is 0 Å². The highest BCUT2D eigenvalue weighted by Crippen LogP contribution is 2.42. The lowest BCUT2D eigenvalue weighted by Crippen LogP contribution is -2.35. The Morgan fingerprint density at radius 3 is 2.66 bits per heavy atom. The Kier molecular flexibility index (Phi) is 5.29. The molecule has 0 aromatic heterocycles. The largest absolute Gasteiger partial charge is 0.362 e. The summed E-state index contributed by atoms with van der Waals surface area (Å²) in [6.45, 7) is 3.85. The van der Waals surface area contributed by atoms with E-state index in [4.69, 9.17) is 11.6 Å². The minimum Gasteiger partial charge on any atom is -0.362 e. The quantitative estimate of drug-likeness (QED) is 0.731. The molecule has 0 radical (unpaired) electrons. The molecule has 4 nitrogen and oxygen atoms in total. The zero-order valence-corrected chi connectivity index (χ0v) is 17.3. The van der Waals surface area contributed by atoms with Crippen LogP contribution in [0.5, 0.6) is 0 Å². The molecule has 2 aromatic rings. The van der Waals surface area contributed by atoms with E-state index in [1.165, 1.54) is 0 Å². The molecule has 0 bridgehead atoms. The molecule has 0 saturated carbocycles. The number of carbonyl (C=O) groups excluding carboxylic acids is 2. The van der Waals surface area contributed by atoms with Gasteiger partial charge < -0.3 is 10.6 Å². The van der Waals surface area contributed by atoms with Gasteiger partial charge in [0.05, 0.1) is 0 Å². The molecule has 2 aromatic carbocycles. The summed E-state index contributed by atoms with van der Waals surface area (Å²) in [5, 5.41) is 6.96. The number of aryl methyl sites for hydroxylation is 1. The zero-order valence-electron chi connectivity index (χ0n) is 16.5. The van der Waals surface area contributed by atoms with E-state index in [-0.39, 0.29) is 11.7 Å². The number of benzene rings is 2. The van der Waals surface area contributed by atoms with Crippen LogP contribution in [0, 0.1) is 6.92 Å². The maximum absolute atomic E-state index is 13.4. The van der Waals surface area contributed by atoms with Crippen LogP contribution in [0.1, 0.15) is 43.2 Å². The van der Waals surface area contributed by atoms with Crippen molar-refractivity contribution in [3.05, 3.63) is 87.2 Å². The summed E-state index contributed by atoms with van der Waals surface area (Å²) in [5.41, 5.74) is 5.55. The van der Waals surface area contributed by atoms with Gasteiger partial charge in [-0.2, -0.15) is 0 Å². The Labute approximate surface area is 175 Å². The van der Waals surface area contributed by atoms with Gasteiger partial charge in [0.15, 0.2) is 5.78 Å². The Hall–Kier alpha value is -2.85. The standard InChI is InChI=1S/C24H23ClN2O2/c1-14-7-3-4-10-18(14)27-24(29)21-15(2)26-19-11-6-12-20(28)23(19)22(21)16-8-5-9-17(25)13-16/h3-5,7-10,13,22,26H,6,11-12H2,1-2H3,(H,27,29). The lowest BCUT2D eigenvalue weighted by Gasteiger charge is -2.34. The van der Waals surface area contributed by atoms with Gasteiger partial charge in [-0.15, -0.1) is 0 Å². The van der Waals surface area contributed by atoms with Gasteiger partial charge in [0, 0.05) is 45.6 Å². The Morgan fingerprint density at radius 2 is 1.90 bits per heavy atom. The van der Waals surface area contributed by atoms with Gasteiger partial charge in [-0.25, -0.2) is 0 Å². The number of anilines is 1. The van der Waals surface area contributed by atoms with Gasteiger partial charge in [0.1, 0.15) is 0 Å². The molecule has 0 saturated heterocycles. The number of Topliss-reactive ketones (excluding diaryl/α,β-unsaturated/α-hetero) is 1. The van der Waals surface area contributed by atoms with Gasteiger partial charge in [0.2, 0.25) is 0 Å². The first-order chi connectivity index (χ1) is 14.0. The lowest BCUT2D eigenvalue weighted by atomic mass is 9.75. The van der Waals surface area contributed by atoms with E-state index in [1.54, 1.807) is 6.07 Å². The van der Waals surface area contributed by atoms with Gasteiger partial charge >= 0.3 is 0 Å². The van der Waals surface area contributed by atoms with Gasteiger partial charge in [0.25, 0.3) is 5.91 Å². The third-order valence-corrected chi connectivity index (χ3v) is 5.83. The molecular formula is C24H23ClN2O2. The van der Waals surface area contributed by atoms with E-state index < -0.39 is 5.92 Å². The van der Waals surface area contributed by atoms with Crippen molar-refractivity contribution in [2.24, 2.45) is 0 Å². The third kappa shape index (κ3) is 3.73. The molecule has 2 N–H and O–H groups in total. The summed E-state index contributed by atoms with van der Waals surface area (Å²) in [6.07, 6.45) is 2.14. The average Bonchev–Trinajstić information content (AvgIpc) is 2.69. The molecule has 1 amide bonds. The summed E-state index contributed by atoms with van der Waals surface area (Å²) in [4.78, 5) is 26.3. The van der Waals surface area contributed by atoms with E-state index in [2.05, 4.69) is 10.6 Å². The summed E-state index contributed by atoms with van der Waals surface area (Å²) >= 11 is 6.26. The highest BCUT2D eigenvalue weighted by molar-refractivity contribution is 6.30. The molecule has 5 heteroatoms. The number of amides is 1. The normalized spacial score (nSPS) is 19.0. The predicted molar refractivity (Wildman–Crippen MR) is 116 cm³/mol. The van der Waals surface area contributed by atoms with Crippen molar-refractivity contribution in [1.82, 2.24) is 5.32 Å². The molecule has 29 heavy (non-hydrogen) atoms. The molecule has 1 atom stereocenters. The summed E-state index contributed by atoms with van der Waals surface area (Å²) < 4.78 is 0. The van der Waals surface area contributed by atoms with E-state index in [1.807, 2.05) is 56.3 Å². The second kappa shape index (κ2) is 7.88. The Balaban J connectivity index is 1.81. The molecule has 1 aliphatic carbocycles. The van der Waals surface area contributed by atoms with E-state index in [0.29, 0.717) is 22.6 Å². The van der Waals surface area contributed by atoms with Gasteiger partial charge in [-0.1, -0.05) is 41.9 Å². The number of nitrogens with one attached hydrogen (secondary N) is 2. The van der Waals surface area contributed by atoms with Gasteiger partial charge in [-0.3, -0.25) is 9.59 Å². The number of para-hydroxylation sites is 1. The van der Waals surface area contributed by atoms with Crippen LogP contribution in [0.15, 0.2) is 71.1 Å². The Morgan fingerprint density at radius 1 is 1.10 bits per heavy atom. The van der Waals surface area contributed by atoms with Crippen molar-refractivity contribution in [1.29, 1.82) is 0 Å². The fraction of sp³-hybridized carbons (Fsp3) is 0.250. The third-order valence-electron chi connectivity index (χ3n) is 5.60. The highest BCUT2D eigenvalue weighted by atomic mass is 35.5. The molecule has 0 spiro atoms. The van der Waals surface area contributed by atoms with Crippen LogP contribution in [-0.4, -0.2) is 11.7 Å². The molecular weight excluding hydrogens is 384 g/mol. The van der Waals surface area contributed by atoms with Crippen LogP contribution in [0.3, 0.4) is 0 Å². The monoisotopic (exact) mass is 406 g/mol. The number of carbonyl (C=O) groups is 2. The van der Waals surface area contributed by atoms with Crippen LogP contribution >= 0.6 is 11.6 Å². The number of hydrogen-bond donors (Lipinski definition) is 2. The van der Waals surface area contributed by atoms with Crippen molar-refractivity contribution in [2.75, 3.05) is 5.32 Å². The van der Waals surface area contributed by atoms with Crippen molar-refractivity contribution >= 4 is 29.0 Å². The topological polar surface area (TPSA) is 58.2 Å². The van der Waals surface area contributed by atoms with Crippen LogP contribution in [0.2, 0.25) is 5.02 Å². The zero-order chi connectivity index (χ0) is 20.5. The van der Waals surface area contributed by atoms with Crippen molar-refractivity contribution in [2.45, 2.75) is 39.0 Å². The van der Waals surface area contributed by atoms with Crippen molar-refractivity contribution in [3.8, 4) is 0 Å². The minimum atomic E-state index is -0.429. The first-order valence-corrected chi connectivity index (χ1v) is 10.2. The minimum absolute atomic E-state index is 0.0948. The fourth-order valence-corrected chi connectivity index (χ4v) is 4.41. The maximum atomic E-state index is 13.4. The van der Waals surface area contributed by atoms with E-state index >= 15 is 0 Å².